The lowest BCUT2D eigenvalue weighted by atomic mass is 9.99. The lowest BCUT2D eigenvalue weighted by Crippen LogP contribution is -2.59. The van der Waals surface area contributed by atoms with E-state index in [0.29, 0.717) is 6.92 Å². The minimum atomic E-state index is -4.54. The van der Waals surface area contributed by atoms with E-state index in [-0.39, 0.29) is 5.56 Å². The summed E-state index contributed by atoms with van der Waals surface area (Å²) in [5.74, 6) is -8.23. The standard InChI is InChI=1S/C12H12F2O5/c1-11(18,12(13,14)10(16)17)7-19-9(15)8-5-3-2-4-6-8/h2-6,18H,7H2,1H3,(H,16,17)/p-1. The Balaban J connectivity index is 2.71. The molecule has 0 amide bonds. The van der Waals surface area contributed by atoms with Crippen molar-refractivity contribution in [1.29, 1.82) is 0 Å². The lowest BCUT2D eigenvalue weighted by molar-refractivity contribution is -0.344. The predicted molar refractivity (Wildman–Crippen MR) is 57.3 cm³/mol. The van der Waals surface area contributed by atoms with Gasteiger partial charge in [0.25, 0.3) is 0 Å². The number of esters is 1. The number of benzene rings is 1. The molecule has 5 nitrogen and oxygen atoms in total. The highest BCUT2D eigenvalue weighted by Gasteiger charge is 2.51. The number of aliphatic hydroxyl groups is 1. The summed E-state index contributed by atoms with van der Waals surface area (Å²) in [6, 6.07) is 7.47. The first-order valence-electron chi connectivity index (χ1n) is 5.22. The monoisotopic (exact) mass is 273 g/mol. The smallest absolute Gasteiger partial charge is 0.338 e. The molecule has 0 radical (unpaired) electrons. The molecule has 0 bridgehead atoms. The second-order valence-electron chi connectivity index (χ2n) is 4.08. The maximum atomic E-state index is 13.1. The summed E-state index contributed by atoms with van der Waals surface area (Å²) in [5, 5.41) is 19.6. The number of halogens is 2. The van der Waals surface area contributed by atoms with E-state index in [4.69, 9.17) is 0 Å². The van der Waals surface area contributed by atoms with E-state index in [9.17, 15) is 28.6 Å². The molecule has 0 aromatic heterocycles. The van der Waals surface area contributed by atoms with Crippen LogP contribution in [0.25, 0.3) is 0 Å². The normalized spacial score (nSPS) is 14.5. The number of alkyl halides is 2. The number of carbonyl (C=O) groups excluding carboxylic acids is 2. The maximum Gasteiger partial charge on any atom is 0.338 e. The van der Waals surface area contributed by atoms with Crippen molar-refractivity contribution in [1.82, 2.24) is 0 Å². The summed E-state index contributed by atoms with van der Waals surface area (Å²) >= 11 is 0. The SMILES string of the molecule is CC(O)(COC(=O)c1ccccc1)C(F)(F)C(=O)[O-]. The molecule has 19 heavy (non-hydrogen) atoms. The number of aliphatic carboxylic acids is 1. The number of carboxylic acid groups (broad SMARTS) is 1. The molecule has 1 aromatic carbocycles. The fourth-order valence-corrected chi connectivity index (χ4v) is 1.17. The first-order valence-corrected chi connectivity index (χ1v) is 5.22. The summed E-state index contributed by atoms with van der Waals surface area (Å²) in [7, 11) is 0. The second kappa shape index (κ2) is 5.31. The molecule has 0 aliphatic heterocycles. The van der Waals surface area contributed by atoms with E-state index in [1.54, 1.807) is 6.07 Å². The molecule has 1 N–H and O–H groups in total. The number of ether oxygens (including phenoxy) is 1. The van der Waals surface area contributed by atoms with Crippen LogP contribution in [0.3, 0.4) is 0 Å². The lowest BCUT2D eigenvalue weighted by Gasteiger charge is -2.32. The van der Waals surface area contributed by atoms with E-state index in [2.05, 4.69) is 4.74 Å². The van der Waals surface area contributed by atoms with Crippen molar-refractivity contribution in [2.75, 3.05) is 6.61 Å². The molecule has 0 heterocycles. The molecule has 0 spiro atoms. The largest absolute Gasteiger partial charge is 0.544 e. The Labute approximate surface area is 107 Å². The van der Waals surface area contributed by atoms with E-state index in [0.717, 1.165) is 0 Å². The van der Waals surface area contributed by atoms with Crippen LogP contribution in [-0.2, 0) is 9.53 Å². The Bertz CT molecular complexity index is 470. The third kappa shape index (κ3) is 3.25. The fraction of sp³-hybridized carbons (Fsp3) is 0.333. The Morgan fingerprint density at radius 1 is 1.32 bits per heavy atom. The second-order valence-corrected chi connectivity index (χ2v) is 4.08. The van der Waals surface area contributed by atoms with E-state index < -0.39 is 30.1 Å². The first-order chi connectivity index (χ1) is 8.68. The zero-order valence-electron chi connectivity index (χ0n) is 9.93. The van der Waals surface area contributed by atoms with Crippen LogP contribution in [0.4, 0.5) is 8.78 Å². The summed E-state index contributed by atoms with van der Waals surface area (Å²) in [5.41, 5.74) is -2.97. The van der Waals surface area contributed by atoms with Gasteiger partial charge in [0.05, 0.1) is 5.56 Å². The van der Waals surface area contributed by atoms with Crippen molar-refractivity contribution in [2.45, 2.75) is 18.4 Å². The van der Waals surface area contributed by atoms with Gasteiger partial charge in [-0.3, -0.25) is 0 Å². The minimum Gasteiger partial charge on any atom is -0.544 e. The van der Waals surface area contributed by atoms with Gasteiger partial charge < -0.3 is 19.7 Å². The summed E-state index contributed by atoms with van der Waals surface area (Å²) in [4.78, 5) is 21.7. The molecule has 1 aromatic rings. The van der Waals surface area contributed by atoms with Gasteiger partial charge in [0.15, 0.2) is 5.60 Å². The Kier molecular flexibility index (Phi) is 4.21. The van der Waals surface area contributed by atoms with Gasteiger partial charge in [-0.2, -0.15) is 8.78 Å². The average molecular weight is 273 g/mol. The Morgan fingerprint density at radius 3 is 2.32 bits per heavy atom. The molecule has 104 valence electrons. The van der Waals surface area contributed by atoms with Gasteiger partial charge in [-0.15, -0.1) is 0 Å². The van der Waals surface area contributed by atoms with Crippen LogP contribution in [0, 0.1) is 0 Å². The van der Waals surface area contributed by atoms with Gasteiger partial charge >= 0.3 is 11.9 Å². The number of rotatable bonds is 5. The van der Waals surface area contributed by atoms with E-state index in [1.165, 1.54) is 24.3 Å². The molecule has 0 saturated carbocycles. The highest BCUT2D eigenvalue weighted by atomic mass is 19.3. The molecule has 1 rings (SSSR count). The molecule has 7 heteroatoms. The summed E-state index contributed by atoms with van der Waals surface area (Å²) in [6.45, 7) is -0.636. The number of hydrogen-bond donors (Lipinski definition) is 1. The summed E-state index contributed by atoms with van der Waals surface area (Å²) in [6.07, 6.45) is 0. The predicted octanol–water partition coefficient (Wildman–Crippen LogP) is -0.0204. The molecule has 0 aliphatic rings. The summed E-state index contributed by atoms with van der Waals surface area (Å²) < 4.78 is 30.6. The molecule has 1 atom stereocenters. The van der Waals surface area contributed by atoms with Crippen LogP contribution in [0.2, 0.25) is 0 Å². The molecule has 0 fully saturated rings. The van der Waals surface area contributed by atoms with Crippen LogP contribution in [0.5, 0.6) is 0 Å². The third-order valence-electron chi connectivity index (χ3n) is 2.43. The van der Waals surface area contributed by atoms with Crippen molar-refractivity contribution in [3.8, 4) is 0 Å². The van der Waals surface area contributed by atoms with Crippen LogP contribution < -0.4 is 5.11 Å². The van der Waals surface area contributed by atoms with E-state index in [1.807, 2.05) is 0 Å². The minimum absolute atomic E-state index is 0.0927. The van der Waals surface area contributed by atoms with Crippen molar-refractivity contribution < 1.29 is 33.3 Å². The Morgan fingerprint density at radius 2 is 1.84 bits per heavy atom. The average Bonchev–Trinajstić information content (AvgIpc) is 2.36. The maximum absolute atomic E-state index is 13.1. The van der Waals surface area contributed by atoms with Crippen molar-refractivity contribution in [2.24, 2.45) is 0 Å². The fourth-order valence-electron chi connectivity index (χ4n) is 1.17. The van der Waals surface area contributed by atoms with Gasteiger partial charge in [-0.05, 0) is 19.1 Å². The van der Waals surface area contributed by atoms with Crippen LogP contribution in [0.1, 0.15) is 17.3 Å². The van der Waals surface area contributed by atoms with Gasteiger partial charge in [-0.1, -0.05) is 18.2 Å². The van der Waals surface area contributed by atoms with Crippen molar-refractivity contribution >= 4 is 11.9 Å². The topological polar surface area (TPSA) is 86.7 Å². The first kappa shape index (κ1) is 15.0. The number of carbonyl (C=O) groups is 2. The number of carboxylic acids is 1. The number of hydrogen-bond acceptors (Lipinski definition) is 5. The van der Waals surface area contributed by atoms with Crippen LogP contribution in [-0.4, -0.2) is 35.2 Å². The third-order valence-corrected chi connectivity index (χ3v) is 2.43. The molecular weight excluding hydrogens is 262 g/mol. The van der Waals surface area contributed by atoms with Gasteiger partial charge in [-0.25, -0.2) is 4.79 Å². The van der Waals surface area contributed by atoms with E-state index >= 15 is 0 Å². The zero-order chi connectivity index (χ0) is 14.7. The highest BCUT2D eigenvalue weighted by Crippen LogP contribution is 2.28. The zero-order valence-corrected chi connectivity index (χ0v) is 9.93. The molecular formula is C12H11F2O5-. The highest BCUT2D eigenvalue weighted by molar-refractivity contribution is 5.89. The van der Waals surface area contributed by atoms with Crippen LogP contribution >= 0.6 is 0 Å². The molecule has 1 unspecified atom stereocenters. The molecule has 0 saturated heterocycles. The molecule has 0 aliphatic carbocycles. The van der Waals surface area contributed by atoms with Crippen LogP contribution in [0.15, 0.2) is 30.3 Å². The Hall–Kier alpha value is -2.02. The van der Waals surface area contributed by atoms with Crippen molar-refractivity contribution in [3.05, 3.63) is 35.9 Å². The quantitative estimate of drug-likeness (QED) is 0.762. The van der Waals surface area contributed by atoms with Gasteiger partial charge in [0.2, 0.25) is 0 Å². The van der Waals surface area contributed by atoms with Gasteiger partial charge in [0.1, 0.15) is 12.6 Å². The van der Waals surface area contributed by atoms with Crippen molar-refractivity contribution in [3.63, 3.8) is 0 Å². The van der Waals surface area contributed by atoms with Gasteiger partial charge in [0, 0.05) is 0 Å².